The Hall–Kier alpha value is -2.22. The topological polar surface area (TPSA) is 68.6 Å². The van der Waals surface area contributed by atoms with Crippen LogP contribution in [0.2, 0.25) is 10.0 Å². The van der Waals surface area contributed by atoms with Crippen LogP contribution in [-0.4, -0.2) is 39.2 Å². The molecule has 0 aliphatic carbocycles. The van der Waals surface area contributed by atoms with Crippen LogP contribution in [0.5, 0.6) is 0 Å². The van der Waals surface area contributed by atoms with Crippen molar-refractivity contribution in [2.75, 3.05) is 6.54 Å². The Morgan fingerprint density at radius 2 is 1.77 bits per heavy atom. The molecule has 1 fully saturated rings. The molecule has 1 aliphatic heterocycles. The molecule has 30 heavy (non-hydrogen) atoms. The Morgan fingerprint density at radius 3 is 2.37 bits per heavy atom. The van der Waals surface area contributed by atoms with Gasteiger partial charge >= 0.3 is 5.97 Å². The first kappa shape index (κ1) is 22.5. The van der Waals surface area contributed by atoms with E-state index in [2.05, 4.69) is 0 Å². The van der Waals surface area contributed by atoms with E-state index in [-0.39, 0.29) is 11.0 Å². The second kappa shape index (κ2) is 8.88. The minimum absolute atomic E-state index is 0.252. The molecule has 6 nitrogen and oxygen atoms in total. The molecule has 0 spiro atoms. The number of rotatable bonds is 5. The van der Waals surface area contributed by atoms with Crippen molar-refractivity contribution < 1.29 is 19.1 Å². The maximum absolute atomic E-state index is 12.7. The summed E-state index contributed by atoms with van der Waals surface area (Å²) in [6, 6.07) is 7.16. The van der Waals surface area contributed by atoms with Gasteiger partial charge in [-0.1, -0.05) is 23.2 Å². The van der Waals surface area contributed by atoms with Gasteiger partial charge in [0.1, 0.15) is 6.54 Å². The number of carbonyl (C=O) groups is 3. The summed E-state index contributed by atoms with van der Waals surface area (Å²) in [4.78, 5) is 37.9. The molecule has 158 valence electrons. The minimum atomic E-state index is -0.621. The van der Waals surface area contributed by atoms with Gasteiger partial charge in [-0.2, -0.15) is 0 Å². The fraction of sp³-hybridized carbons (Fsp3) is 0.286. The molecule has 0 N–H and O–H groups in total. The number of amides is 2. The molecule has 1 aliphatic rings. The first-order valence-electron chi connectivity index (χ1n) is 9.17. The molecular formula is C21H20Cl2N2O4S. The van der Waals surface area contributed by atoms with Crippen molar-refractivity contribution in [3.05, 3.63) is 56.2 Å². The van der Waals surface area contributed by atoms with E-state index in [1.54, 1.807) is 38.1 Å². The van der Waals surface area contributed by atoms with Crippen molar-refractivity contribution in [2.45, 2.75) is 33.8 Å². The summed E-state index contributed by atoms with van der Waals surface area (Å²) >= 11 is 13.1. The van der Waals surface area contributed by atoms with Crippen molar-refractivity contribution in [3.8, 4) is 5.69 Å². The molecular weight excluding hydrogens is 447 g/mol. The number of aromatic nitrogens is 1. The van der Waals surface area contributed by atoms with E-state index < -0.39 is 23.7 Å². The Morgan fingerprint density at radius 1 is 1.13 bits per heavy atom. The molecule has 0 unspecified atom stereocenters. The Labute approximate surface area is 188 Å². The monoisotopic (exact) mass is 466 g/mol. The van der Waals surface area contributed by atoms with Crippen LogP contribution in [0.15, 0.2) is 29.2 Å². The van der Waals surface area contributed by atoms with Crippen LogP contribution in [-0.2, 0) is 14.3 Å². The smallest absolute Gasteiger partial charge is 0.326 e. The van der Waals surface area contributed by atoms with Crippen LogP contribution in [0.3, 0.4) is 0 Å². The average Bonchev–Trinajstić information content (AvgIpc) is 3.03. The van der Waals surface area contributed by atoms with Gasteiger partial charge < -0.3 is 9.30 Å². The summed E-state index contributed by atoms with van der Waals surface area (Å²) in [5, 5.41) is 0.532. The number of benzene rings is 1. The van der Waals surface area contributed by atoms with E-state index in [0.29, 0.717) is 10.0 Å². The molecule has 2 heterocycles. The second-order valence-electron chi connectivity index (χ2n) is 7.10. The van der Waals surface area contributed by atoms with E-state index in [9.17, 15) is 14.4 Å². The van der Waals surface area contributed by atoms with Crippen LogP contribution in [0.25, 0.3) is 11.8 Å². The summed E-state index contributed by atoms with van der Waals surface area (Å²) in [5.74, 6) is -1.13. The predicted octanol–water partition coefficient (Wildman–Crippen LogP) is 5.39. The summed E-state index contributed by atoms with van der Waals surface area (Å²) in [6.45, 7) is 6.83. The van der Waals surface area contributed by atoms with Gasteiger partial charge in [0.2, 0.25) is 0 Å². The molecule has 1 aromatic carbocycles. The SMILES string of the molecule is Cc1cc(/C=C2\SC(=O)N(CC(=O)OC(C)C)C2=O)c(C)n1-c1cc(Cl)cc(Cl)c1. The lowest BCUT2D eigenvalue weighted by Gasteiger charge is -2.13. The highest BCUT2D eigenvalue weighted by Crippen LogP contribution is 2.34. The van der Waals surface area contributed by atoms with Gasteiger partial charge in [-0.05, 0) is 75.4 Å². The molecule has 1 aromatic heterocycles. The zero-order valence-electron chi connectivity index (χ0n) is 16.9. The molecule has 2 aromatic rings. The molecule has 2 amide bonds. The summed E-state index contributed by atoms with van der Waals surface area (Å²) in [5.41, 5.74) is 3.35. The molecule has 0 atom stereocenters. The number of hydrogen-bond acceptors (Lipinski definition) is 5. The largest absolute Gasteiger partial charge is 0.462 e. The Bertz CT molecular complexity index is 1050. The van der Waals surface area contributed by atoms with Crippen LogP contribution >= 0.6 is 35.0 Å². The summed E-state index contributed by atoms with van der Waals surface area (Å²) in [7, 11) is 0. The highest BCUT2D eigenvalue weighted by atomic mass is 35.5. The first-order valence-corrected chi connectivity index (χ1v) is 10.7. The van der Waals surface area contributed by atoms with Gasteiger partial charge in [-0.15, -0.1) is 0 Å². The molecule has 0 bridgehead atoms. The lowest BCUT2D eigenvalue weighted by Crippen LogP contribution is -2.35. The van der Waals surface area contributed by atoms with Gasteiger partial charge in [0.15, 0.2) is 0 Å². The number of esters is 1. The maximum atomic E-state index is 12.7. The molecule has 1 saturated heterocycles. The highest BCUT2D eigenvalue weighted by Gasteiger charge is 2.37. The third-order valence-electron chi connectivity index (χ3n) is 4.39. The lowest BCUT2D eigenvalue weighted by molar-refractivity contribution is -0.149. The predicted molar refractivity (Wildman–Crippen MR) is 119 cm³/mol. The highest BCUT2D eigenvalue weighted by molar-refractivity contribution is 8.18. The van der Waals surface area contributed by atoms with Crippen LogP contribution in [0, 0.1) is 13.8 Å². The van der Waals surface area contributed by atoms with Gasteiger partial charge in [0.25, 0.3) is 11.1 Å². The van der Waals surface area contributed by atoms with Crippen molar-refractivity contribution in [2.24, 2.45) is 0 Å². The van der Waals surface area contributed by atoms with Gasteiger partial charge in [0.05, 0.1) is 11.0 Å². The number of thioether (sulfide) groups is 1. The number of ether oxygens (including phenoxy) is 1. The maximum Gasteiger partial charge on any atom is 0.326 e. The molecule has 9 heteroatoms. The van der Waals surface area contributed by atoms with Gasteiger partial charge in [-0.25, -0.2) is 0 Å². The molecule has 3 rings (SSSR count). The Kier molecular flexibility index (Phi) is 6.65. The summed E-state index contributed by atoms with van der Waals surface area (Å²) in [6.07, 6.45) is 1.34. The van der Waals surface area contributed by atoms with Crippen molar-refractivity contribution >= 4 is 58.2 Å². The molecule has 0 saturated carbocycles. The number of halogens is 2. The summed E-state index contributed by atoms with van der Waals surface area (Å²) < 4.78 is 7.00. The van der Waals surface area contributed by atoms with E-state index in [4.69, 9.17) is 27.9 Å². The van der Waals surface area contributed by atoms with E-state index >= 15 is 0 Å². The van der Waals surface area contributed by atoms with Gasteiger partial charge in [0, 0.05) is 27.1 Å². The van der Waals surface area contributed by atoms with Gasteiger partial charge in [-0.3, -0.25) is 19.3 Å². The van der Waals surface area contributed by atoms with Crippen molar-refractivity contribution in [3.63, 3.8) is 0 Å². The minimum Gasteiger partial charge on any atom is -0.462 e. The molecule has 0 radical (unpaired) electrons. The zero-order valence-corrected chi connectivity index (χ0v) is 19.2. The number of imide groups is 1. The first-order chi connectivity index (χ1) is 14.1. The fourth-order valence-corrected chi connectivity index (χ4v) is 4.55. The third kappa shape index (κ3) is 4.74. The lowest BCUT2D eigenvalue weighted by atomic mass is 10.2. The third-order valence-corrected chi connectivity index (χ3v) is 5.73. The fourth-order valence-electron chi connectivity index (χ4n) is 3.21. The number of nitrogens with zero attached hydrogens (tertiary/aromatic N) is 2. The van der Waals surface area contributed by atoms with Crippen LogP contribution in [0.4, 0.5) is 4.79 Å². The standard InChI is InChI=1S/C21H20Cl2N2O4S/c1-11(2)29-19(26)10-24-20(27)18(30-21(24)28)6-14-5-12(3)25(13(14)4)17-8-15(22)7-16(23)9-17/h5-9,11H,10H2,1-4H3/b18-6-. The number of hydrogen-bond donors (Lipinski definition) is 0. The average molecular weight is 467 g/mol. The van der Waals surface area contributed by atoms with Crippen molar-refractivity contribution in [1.29, 1.82) is 0 Å². The van der Waals surface area contributed by atoms with Crippen LogP contribution in [0.1, 0.15) is 30.8 Å². The van der Waals surface area contributed by atoms with Crippen LogP contribution < -0.4 is 0 Å². The quantitative estimate of drug-likeness (QED) is 0.436. The van der Waals surface area contributed by atoms with E-state index in [1.165, 1.54) is 0 Å². The number of aryl methyl sites for hydroxylation is 1. The van der Waals surface area contributed by atoms with E-state index in [1.807, 2.05) is 24.5 Å². The zero-order chi connectivity index (χ0) is 22.2. The Balaban J connectivity index is 1.90. The van der Waals surface area contributed by atoms with Crippen molar-refractivity contribution in [1.82, 2.24) is 9.47 Å². The van der Waals surface area contributed by atoms with E-state index in [0.717, 1.165) is 39.3 Å². The second-order valence-corrected chi connectivity index (χ2v) is 8.96. The number of carbonyl (C=O) groups excluding carboxylic acids is 3. The normalized spacial score (nSPS) is 15.6.